The van der Waals surface area contributed by atoms with Crippen molar-refractivity contribution in [3.8, 4) is 5.69 Å². The molecule has 0 fully saturated rings. The van der Waals surface area contributed by atoms with Crippen LogP contribution in [0.2, 0.25) is 5.02 Å². The normalized spacial score (nSPS) is 10.8. The second-order valence-electron chi connectivity index (χ2n) is 3.83. The fourth-order valence-corrected chi connectivity index (χ4v) is 2.32. The number of hydrogen-bond acceptors (Lipinski definition) is 2. The van der Waals surface area contributed by atoms with Gasteiger partial charge >= 0.3 is 0 Å². The third kappa shape index (κ3) is 2.70. The Balaban J connectivity index is 2.42. The molecular weight excluding hydrogens is 302 g/mol. The van der Waals surface area contributed by atoms with Gasteiger partial charge in [0, 0.05) is 17.8 Å². The number of nitrogens with zero attached hydrogens (tertiary/aromatic N) is 2. The van der Waals surface area contributed by atoms with Gasteiger partial charge in [0.15, 0.2) is 0 Å². The third-order valence-corrected chi connectivity index (χ3v) is 3.39. The Morgan fingerprint density at radius 3 is 2.88 bits per heavy atom. The zero-order chi connectivity index (χ0) is 12.4. The van der Waals surface area contributed by atoms with Crippen LogP contribution in [-0.4, -0.2) is 16.8 Å². The molecule has 0 spiro atoms. The van der Waals surface area contributed by atoms with Crippen molar-refractivity contribution in [1.29, 1.82) is 0 Å². The maximum atomic E-state index is 5.94. The Morgan fingerprint density at radius 2 is 2.24 bits per heavy atom. The molecule has 0 atom stereocenters. The van der Waals surface area contributed by atoms with Crippen molar-refractivity contribution in [2.24, 2.45) is 0 Å². The SMILES string of the molecule is CNCc1nn(-c2ccc(Cl)cc2C)cc1Br. The van der Waals surface area contributed by atoms with Gasteiger partial charge in [-0.05, 0) is 53.7 Å². The van der Waals surface area contributed by atoms with Crippen LogP contribution in [0.5, 0.6) is 0 Å². The lowest BCUT2D eigenvalue weighted by molar-refractivity contribution is 0.754. The van der Waals surface area contributed by atoms with Gasteiger partial charge in [0.1, 0.15) is 0 Å². The first-order valence-electron chi connectivity index (χ1n) is 5.27. The highest BCUT2D eigenvalue weighted by Crippen LogP contribution is 2.22. The summed E-state index contributed by atoms with van der Waals surface area (Å²) in [4.78, 5) is 0. The Kier molecular flexibility index (Phi) is 3.86. The monoisotopic (exact) mass is 313 g/mol. The molecule has 1 aromatic carbocycles. The molecule has 1 N–H and O–H groups in total. The number of rotatable bonds is 3. The van der Waals surface area contributed by atoms with E-state index < -0.39 is 0 Å². The zero-order valence-corrected chi connectivity index (χ0v) is 12.0. The molecule has 17 heavy (non-hydrogen) atoms. The first kappa shape index (κ1) is 12.6. The Morgan fingerprint density at radius 1 is 1.47 bits per heavy atom. The second kappa shape index (κ2) is 5.21. The smallest absolute Gasteiger partial charge is 0.0908 e. The lowest BCUT2D eigenvalue weighted by Crippen LogP contribution is -2.07. The van der Waals surface area contributed by atoms with E-state index in [2.05, 4.69) is 26.3 Å². The van der Waals surface area contributed by atoms with E-state index >= 15 is 0 Å². The van der Waals surface area contributed by atoms with Gasteiger partial charge in [0.2, 0.25) is 0 Å². The first-order chi connectivity index (χ1) is 8.11. The minimum absolute atomic E-state index is 0.736. The van der Waals surface area contributed by atoms with Crippen LogP contribution in [0.25, 0.3) is 5.69 Å². The molecule has 0 aliphatic rings. The molecule has 2 rings (SSSR count). The van der Waals surface area contributed by atoms with E-state index in [1.54, 1.807) is 0 Å². The van der Waals surface area contributed by atoms with Gasteiger partial charge in [0.05, 0.1) is 15.9 Å². The van der Waals surface area contributed by atoms with E-state index in [9.17, 15) is 0 Å². The predicted molar refractivity (Wildman–Crippen MR) is 73.8 cm³/mol. The molecule has 0 saturated carbocycles. The van der Waals surface area contributed by atoms with Crippen LogP contribution in [0.1, 0.15) is 11.3 Å². The lowest BCUT2D eigenvalue weighted by Gasteiger charge is -2.05. The minimum atomic E-state index is 0.736. The van der Waals surface area contributed by atoms with Crippen LogP contribution in [0, 0.1) is 6.92 Å². The Labute approximate surface area is 114 Å². The van der Waals surface area contributed by atoms with Gasteiger partial charge in [-0.25, -0.2) is 4.68 Å². The molecule has 0 aliphatic heterocycles. The summed E-state index contributed by atoms with van der Waals surface area (Å²) in [5.41, 5.74) is 3.13. The summed E-state index contributed by atoms with van der Waals surface area (Å²) in [7, 11) is 1.90. The van der Waals surface area contributed by atoms with Crippen molar-refractivity contribution in [1.82, 2.24) is 15.1 Å². The zero-order valence-electron chi connectivity index (χ0n) is 9.67. The topological polar surface area (TPSA) is 29.9 Å². The molecule has 0 saturated heterocycles. The molecule has 0 aliphatic carbocycles. The van der Waals surface area contributed by atoms with Crippen molar-refractivity contribution in [2.75, 3.05) is 7.05 Å². The van der Waals surface area contributed by atoms with Gasteiger partial charge in [-0.15, -0.1) is 0 Å². The lowest BCUT2D eigenvalue weighted by atomic mass is 10.2. The highest BCUT2D eigenvalue weighted by atomic mass is 79.9. The molecular formula is C12H13BrClN3. The standard InChI is InChI=1S/C12H13BrClN3/c1-8-5-9(14)3-4-12(8)17-7-10(13)11(16-17)6-15-2/h3-5,7,15H,6H2,1-2H3. The van der Waals surface area contributed by atoms with E-state index in [1.165, 1.54) is 0 Å². The van der Waals surface area contributed by atoms with Crippen molar-refractivity contribution in [3.05, 3.63) is 45.1 Å². The predicted octanol–water partition coefficient (Wildman–Crippen LogP) is 3.32. The Hall–Kier alpha value is -0.840. The maximum absolute atomic E-state index is 5.94. The van der Waals surface area contributed by atoms with E-state index in [1.807, 2.05) is 43.0 Å². The van der Waals surface area contributed by atoms with Crippen LogP contribution in [0.3, 0.4) is 0 Å². The third-order valence-electron chi connectivity index (χ3n) is 2.49. The van der Waals surface area contributed by atoms with Crippen molar-refractivity contribution < 1.29 is 0 Å². The summed E-state index contributed by atoms with van der Waals surface area (Å²) in [5.74, 6) is 0. The quantitative estimate of drug-likeness (QED) is 0.942. The van der Waals surface area contributed by atoms with Crippen molar-refractivity contribution in [3.63, 3.8) is 0 Å². The molecule has 3 nitrogen and oxygen atoms in total. The molecule has 0 unspecified atom stereocenters. The van der Waals surface area contributed by atoms with E-state index in [4.69, 9.17) is 11.6 Å². The summed E-state index contributed by atoms with van der Waals surface area (Å²) >= 11 is 9.45. The summed E-state index contributed by atoms with van der Waals surface area (Å²) in [6.45, 7) is 2.76. The molecule has 90 valence electrons. The molecule has 0 amide bonds. The minimum Gasteiger partial charge on any atom is -0.314 e. The van der Waals surface area contributed by atoms with E-state index in [0.717, 1.165) is 33.0 Å². The van der Waals surface area contributed by atoms with Crippen molar-refractivity contribution in [2.45, 2.75) is 13.5 Å². The van der Waals surface area contributed by atoms with Gasteiger partial charge in [-0.3, -0.25) is 0 Å². The van der Waals surface area contributed by atoms with Crippen LogP contribution in [-0.2, 0) is 6.54 Å². The molecule has 0 radical (unpaired) electrons. The highest BCUT2D eigenvalue weighted by molar-refractivity contribution is 9.10. The highest BCUT2D eigenvalue weighted by Gasteiger charge is 2.08. The number of hydrogen-bond donors (Lipinski definition) is 1. The number of aromatic nitrogens is 2. The second-order valence-corrected chi connectivity index (χ2v) is 5.12. The molecule has 1 heterocycles. The average molecular weight is 315 g/mol. The number of nitrogens with one attached hydrogen (secondary N) is 1. The number of halogens is 2. The molecule has 2 aromatic rings. The number of aryl methyl sites for hydroxylation is 1. The largest absolute Gasteiger partial charge is 0.314 e. The first-order valence-corrected chi connectivity index (χ1v) is 6.44. The van der Waals surface area contributed by atoms with Crippen LogP contribution >= 0.6 is 27.5 Å². The van der Waals surface area contributed by atoms with E-state index in [0.29, 0.717) is 0 Å². The maximum Gasteiger partial charge on any atom is 0.0908 e. The summed E-state index contributed by atoms with van der Waals surface area (Å²) < 4.78 is 2.86. The van der Waals surface area contributed by atoms with Crippen LogP contribution in [0.4, 0.5) is 0 Å². The van der Waals surface area contributed by atoms with Crippen LogP contribution < -0.4 is 5.32 Å². The summed E-state index contributed by atoms with van der Waals surface area (Å²) in [6, 6.07) is 5.78. The summed E-state index contributed by atoms with van der Waals surface area (Å²) in [5, 5.41) is 8.35. The summed E-state index contributed by atoms with van der Waals surface area (Å²) in [6.07, 6.45) is 1.96. The van der Waals surface area contributed by atoms with Crippen molar-refractivity contribution >= 4 is 27.5 Å². The fourth-order valence-electron chi connectivity index (χ4n) is 1.68. The number of benzene rings is 1. The fraction of sp³-hybridized carbons (Fsp3) is 0.250. The van der Waals surface area contributed by atoms with E-state index in [-0.39, 0.29) is 0 Å². The van der Waals surface area contributed by atoms with Gasteiger partial charge in [0.25, 0.3) is 0 Å². The van der Waals surface area contributed by atoms with Gasteiger partial charge < -0.3 is 5.32 Å². The van der Waals surface area contributed by atoms with Crippen LogP contribution in [0.15, 0.2) is 28.9 Å². The van der Waals surface area contributed by atoms with Gasteiger partial charge in [-0.2, -0.15) is 5.10 Å². The molecule has 0 bridgehead atoms. The van der Waals surface area contributed by atoms with Gasteiger partial charge in [-0.1, -0.05) is 11.6 Å². The average Bonchev–Trinajstić information content (AvgIpc) is 2.60. The Bertz CT molecular complexity index is 537. The molecule has 1 aromatic heterocycles. The molecule has 5 heteroatoms.